The maximum absolute atomic E-state index is 11.6. The Morgan fingerprint density at radius 1 is 1.16 bits per heavy atom. The topological polar surface area (TPSA) is 84.2 Å². The molecule has 6 heteroatoms. The second-order valence-electron chi connectivity index (χ2n) is 4.12. The number of carbonyl (C=O) groups excluding carboxylic acids is 2. The Bertz CT molecular complexity index is 438. The Morgan fingerprint density at radius 3 is 2.58 bits per heavy atom. The van der Waals surface area contributed by atoms with Crippen molar-refractivity contribution in [2.45, 2.75) is 25.8 Å². The molecule has 1 rings (SSSR count). The SMILES string of the molecule is NC(=O)NCCCCC(=O)NCc1ccccc1Cl. The van der Waals surface area contributed by atoms with Gasteiger partial charge in [-0.3, -0.25) is 4.79 Å². The standard InChI is InChI=1S/C13H18ClN3O2/c14-11-6-2-1-5-10(11)9-17-12(18)7-3-4-8-16-13(15)19/h1-2,5-6H,3-4,7-9H2,(H,17,18)(H3,15,16,19). The number of urea groups is 1. The predicted molar refractivity (Wildman–Crippen MR) is 74.7 cm³/mol. The van der Waals surface area contributed by atoms with Crippen LogP contribution in [0.5, 0.6) is 0 Å². The monoisotopic (exact) mass is 283 g/mol. The van der Waals surface area contributed by atoms with Gasteiger partial charge in [-0.05, 0) is 24.5 Å². The molecule has 0 atom stereocenters. The number of hydrogen-bond donors (Lipinski definition) is 3. The second kappa shape index (κ2) is 8.37. The van der Waals surface area contributed by atoms with Gasteiger partial charge in [0.05, 0.1) is 0 Å². The highest BCUT2D eigenvalue weighted by Crippen LogP contribution is 2.14. The molecule has 5 nitrogen and oxygen atoms in total. The summed E-state index contributed by atoms with van der Waals surface area (Å²) in [7, 11) is 0. The van der Waals surface area contributed by atoms with E-state index in [1.807, 2.05) is 18.2 Å². The summed E-state index contributed by atoms with van der Waals surface area (Å²) in [6, 6.07) is 6.85. The zero-order valence-corrected chi connectivity index (χ0v) is 11.4. The van der Waals surface area contributed by atoms with E-state index in [0.717, 1.165) is 12.0 Å². The van der Waals surface area contributed by atoms with Crippen LogP contribution in [-0.2, 0) is 11.3 Å². The zero-order chi connectivity index (χ0) is 14.1. The van der Waals surface area contributed by atoms with Crippen molar-refractivity contribution in [3.63, 3.8) is 0 Å². The first-order valence-electron chi connectivity index (χ1n) is 6.13. The molecule has 0 radical (unpaired) electrons. The maximum atomic E-state index is 11.6. The van der Waals surface area contributed by atoms with E-state index in [2.05, 4.69) is 10.6 Å². The number of benzene rings is 1. The molecule has 0 unspecified atom stereocenters. The first-order valence-corrected chi connectivity index (χ1v) is 6.51. The minimum absolute atomic E-state index is 0.0287. The van der Waals surface area contributed by atoms with E-state index >= 15 is 0 Å². The Balaban J connectivity index is 2.15. The van der Waals surface area contributed by atoms with E-state index in [1.165, 1.54) is 0 Å². The Hall–Kier alpha value is -1.75. The number of halogens is 1. The molecule has 1 aromatic rings. The van der Waals surface area contributed by atoms with E-state index in [9.17, 15) is 9.59 Å². The fraction of sp³-hybridized carbons (Fsp3) is 0.385. The van der Waals surface area contributed by atoms with Gasteiger partial charge in [0.25, 0.3) is 0 Å². The van der Waals surface area contributed by atoms with E-state index in [4.69, 9.17) is 17.3 Å². The molecule has 0 heterocycles. The van der Waals surface area contributed by atoms with E-state index < -0.39 is 6.03 Å². The number of unbranched alkanes of at least 4 members (excludes halogenated alkanes) is 1. The molecule has 0 spiro atoms. The molecule has 0 aliphatic rings. The summed E-state index contributed by atoms with van der Waals surface area (Å²) in [5.74, 6) is -0.0287. The van der Waals surface area contributed by atoms with Crippen molar-refractivity contribution in [3.05, 3.63) is 34.9 Å². The maximum Gasteiger partial charge on any atom is 0.312 e. The number of rotatable bonds is 7. The number of hydrogen-bond acceptors (Lipinski definition) is 2. The lowest BCUT2D eigenvalue weighted by Gasteiger charge is -2.07. The van der Waals surface area contributed by atoms with Gasteiger partial charge in [-0.25, -0.2) is 4.79 Å². The van der Waals surface area contributed by atoms with Crippen LogP contribution in [0, 0.1) is 0 Å². The summed E-state index contributed by atoms with van der Waals surface area (Å²) in [5.41, 5.74) is 5.82. The first kappa shape index (κ1) is 15.3. The highest BCUT2D eigenvalue weighted by molar-refractivity contribution is 6.31. The normalized spacial score (nSPS) is 9.95. The van der Waals surface area contributed by atoms with Crippen molar-refractivity contribution < 1.29 is 9.59 Å². The summed E-state index contributed by atoms with van der Waals surface area (Å²) >= 11 is 5.98. The Morgan fingerprint density at radius 2 is 1.89 bits per heavy atom. The van der Waals surface area contributed by atoms with Crippen LogP contribution in [0.2, 0.25) is 5.02 Å². The van der Waals surface area contributed by atoms with Crippen LogP contribution < -0.4 is 16.4 Å². The summed E-state index contributed by atoms with van der Waals surface area (Å²) < 4.78 is 0. The summed E-state index contributed by atoms with van der Waals surface area (Å²) in [6.45, 7) is 0.922. The average molecular weight is 284 g/mol. The first-order chi connectivity index (χ1) is 9.09. The summed E-state index contributed by atoms with van der Waals surface area (Å²) in [4.78, 5) is 22.0. The number of amides is 3. The van der Waals surface area contributed by atoms with Gasteiger partial charge in [0.15, 0.2) is 0 Å². The predicted octanol–water partition coefficient (Wildman–Crippen LogP) is 1.79. The minimum atomic E-state index is -0.539. The number of nitrogens with one attached hydrogen (secondary N) is 2. The van der Waals surface area contributed by atoms with E-state index in [-0.39, 0.29) is 5.91 Å². The number of carbonyl (C=O) groups is 2. The van der Waals surface area contributed by atoms with Crippen LogP contribution in [0.4, 0.5) is 4.79 Å². The lowest BCUT2D eigenvalue weighted by Crippen LogP contribution is -2.30. The molecular formula is C13H18ClN3O2. The van der Waals surface area contributed by atoms with Gasteiger partial charge in [0.1, 0.15) is 0 Å². The zero-order valence-electron chi connectivity index (χ0n) is 10.6. The molecule has 104 valence electrons. The quantitative estimate of drug-likeness (QED) is 0.667. The molecule has 0 aliphatic carbocycles. The van der Waals surface area contributed by atoms with Crippen LogP contribution in [0.25, 0.3) is 0 Å². The molecule has 4 N–H and O–H groups in total. The van der Waals surface area contributed by atoms with Gasteiger partial charge < -0.3 is 16.4 Å². The van der Waals surface area contributed by atoms with Crippen LogP contribution >= 0.6 is 11.6 Å². The largest absolute Gasteiger partial charge is 0.352 e. The van der Waals surface area contributed by atoms with Crippen LogP contribution in [-0.4, -0.2) is 18.5 Å². The van der Waals surface area contributed by atoms with Gasteiger partial charge in [-0.1, -0.05) is 29.8 Å². The van der Waals surface area contributed by atoms with Crippen molar-refractivity contribution in [1.29, 1.82) is 0 Å². The van der Waals surface area contributed by atoms with Gasteiger partial charge in [-0.15, -0.1) is 0 Å². The third-order valence-corrected chi connectivity index (χ3v) is 2.93. The third kappa shape index (κ3) is 6.67. The van der Waals surface area contributed by atoms with Crippen molar-refractivity contribution in [3.8, 4) is 0 Å². The fourth-order valence-electron chi connectivity index (χ4n) is 1.55. The van der Waals surface area contributed by atoms with Crippen molar-refractivity contribution >= 4 is 23.5 Å². The molecule has 0 bridgehead atoms. The molecule has 19 heavy (non-hydrogen) atoms. The number of nitrogens with two attached hydrogens (primary N) is 1. The van der Waals surface area contributed by atoms with Crippen molar-refractivity contribution in [1.82, 2.24) is 10.6 Å². The lowest BCUT2D eigenvalue weighted by molar-refractivity contribution is -0.121. The van der Waals surface area contributed by atoms with Crippen molar-refractivity contribution in [2.75, 3.05) is 6.54 Å². The molecular weight excluding hydrogens is 266 g/mol. The van der Waals surface area contributed by atoms with Crippen LogP contribution in [0.15, 0.2) is 24.3 Å². The molecule has 0 fully saturated rings. The summed E-state index contributed by atoms with van der Waals surface area (Å²) in [5, 5.41) is 5.93. The van der Waals surface area contributed by atoms with Gasteiger partial charge in [0, 0.05) is 24.5 Å². The third-order valence-electron chi connectivity index (χ3n) is 2.56. The van der Waals surface area contributed by atoms with Gasteiger partial charge in [-0.2, -0.15) is 0 Å². The van der Waals surface area contributed by atoms with Crippen LogP contribution in [0.1, 0.15) is 24.8 Å². The van der Waals surface area contributed by atoms with Crippen molar-refractivity contribution in [2.24, 2.45) is 5.73 Å². The molecule has 0 aromatic heterocycles. The number of primary amides is 1. The van der Waals surface area contributed by atoms with Crippen LogP contribution in [0.3, 0.4) is 0 Å². The average Bonchev–Trinajstić information content (AvgIpc) is 2.37. The molecule has 1 aromatic carbocycles. The van der Waals surface area contributed by atoms with Gasteiger partial charge in [0.2, 0.25) is 5.91 Å². The highest BCUT2D eigenvalue weighted by Gasteiger charge is 2.03. The second-order valence-corrected chi connectivity index (χ2v) is 4.52. The Labute approximate surface area is 117 Å². The Kier molecular flexibility index (Phi) is 6.74. The minimum Gasteiger partial charge on any atom is -0.352 e. The molecule has 0 saturated heterocycles. The smallest absolute Gasteiger partial charge is 0.312 e. The molecule has 0 aliphatic heterocycles. The van der Waals surface area contributed by atoms with Gasteiger partial charge >= 0.3 is 6.03 Å². The van der Waals surface area contributed by atoms with E-state index in [0.29, 0.717) is 31.0 Å². The van der Waals surface area contributed by atoms with E-state index in [1.54, 1.807) is 6.07 Å². The summed E-state index contributed by atoms with van der Waals surface area (Å²) in [6.07, 6.45) is 1.85. The molecule has 3 amide bonds. The molecule has 0 saturated carbocycles. The highest BCUT2D eigenvalue weighted by atomic mass is 35.5. The fourth-order valence-corrected chi connectivity index (χ4v) is 1.75. The lowest BCUT2D eigenvalue weighted by atomic mass is 10.2.